The number of aromatic nitrogens is 2. The van der Waals surface area contributed by atoms with Gasteiger partial charge in [-0.1, -0.05) is 35.9 Å². The smallest absolute Gasteiger partial charge is 0.244 e. The van der Waals surface area contributed by atoms with Crippen molar-refractivity contribution in [2.75, 3.05) is 0 Å². The van der Waals surface area contributed by atoms with Crippen LogP contribution in [0.4, 0.5) is 4.39 Å². The number of hydrogen-bond donors (Lipinski definition) is 1. The van der Waals surface area contributed by atoms with Crippen molar-refractivity contribution in [3.8, 4) is 5.69 Å². The summed E-state index contributed by atoms with van der Waals surface area (Å²) in [7, 11) is 0. The first kappa shape index (κ1) is 18.9. The fraction of sp³-hybridized carbons (Fsp3) is 0.143. The minimum Gasteiger partial charge on any atom is -0.348 e. The van der Waals surface area contributed by atoms with Crippen LogP contribution < -0.4 is 5.32 Å². The van der Waals surface area contributed by atoms with E-state index in [1.165, 1.54) is 24.3 Å². The summed E-state index contributed by atoms with van der Waals surface area (Å²) in [6.45, 7) is 4.20. The van der Waals surface area contributed by atoms with Crippen LogP contribution in [0.15, 0.2) is 54.6 Å². The molecule has 1 aromatic heterocycles. The van der Waals surface area contributed by atoms with Gasteiger partial charge in [-0.05, 0) is 44.2 Å². The first-order valence-corrected chi connectivity index (χ1v) is 8.85. The van der Waals surface area contributed by atoms with Crippen molar-refractivity contribution in [3.63, 3.8) is 0 Å². The van der Waals surface area contributed by atoms with E-state index >= 15 is 0 Å². The third-order valence-electron chi connectivity index (χ3n) is 4.28. The van der Waals surface area contributed by atoms with Crippen molar-refractivity contribution in [3.05, 3.63) is 88.0 Å². The summed E-state index contributed by atoms with van der Waals surface area (Å²) in [5.41, 5.74) is 3.91. The molecule has 1 heterocycles. The molecular weight excluding hydrogens is 365 g/mol. The average Bonchev–Trinajstić information content (AvgIpc) is 2.94. The second-order valence-corrected chi connectivity index (χ2v) is 6.49. The molecule has 0 aliphatic rings. The van der Waals surface area contributed by atoms with Crippen LogP contribution in [-0.4, -0.2) is 15.7 Å². The Morgan fingerprint density at radius 1 is 1.19 bits per heavy atom. The molecule has 0 bridgehead atoms. The van der Waals surface area contributed by atoms with Gasteiger partial charge in [0.15, 0.2) is 0 Å². The zero-order valence-corrected chi connectivity index (χ0v) is 15.8. The Labute approximate surface area is 162 Å². The Bertz CT molecular complexity index is 976. The molecule has 3 aromatic rings. The number of nitrogens with one attached hydrogen (secondary N) is 1. The summed E-state index contributed by atoms with van der Waals surface area (Å²) in [6.07, 6.45) is 2.65. The molecule has 0 unspecified atom stereocenters. The molecular formula is C21H19ClFN3O. The highest BCUT2D eigenvalue weighted by atomic mass is 35.5. The number of para-hydroxylation sites is 1. The average molecular weight is 384 g/mol. The molecule has 1 N–H and O–H groups in total. The second-order valence-electron chi connectivity index (χ2n) is 6.08. The number of rotatable bonds is 5. The summed E-state index contributed by atoms with van der Waals surface area (Å²) in [4.78, 5) is 12.1. The largest absolute Gasteiger partial charge is 0.348 e. The van der Waals surface area contributed by atoms with E-state index in [1.807, 2.05) is 48.9 Å². The van der Waals surface area contributed by atoms with Crippen LogP contribution in [0.1, 0.15) is 22.5 Å². The Morgan fingerprint density at radius 3 is 2.63 bits per heavy atom. The summed E-state index contributed by atoms with van der Waals surface area (Å²) < 4.78 is 15.6. The highest BCUT2D eigenvalue weighted by Crippen LogP contribution is 2.20. The van der Waals surface area contributed by atoms with Crippen LogP contribution in [-0.2, 0) is 11.3 Å². The molecule has 2 aromatic carbocycles. The first-order valence-electron chi connectivity index (χ1n) is 8.48. The quantitative estimate of drug-likeness (QED) is 0.654. The molecule has 0 radical (unpaired) electrons. The molecule has 6 heteroatoms. The summed E-state index contributed by atoms with van der Waals surface area (Å²) >= 11 is 5.95. The lowest BCUT2D eigenvalue weighted by atomic mass is 10.2. The molecule has 0 spiro atoms. The maximum absolute atomic E-state index is 13.7. The minimum absolute atomic E-state index is 0.193. The standard InChI is InChI=1S/C21H19ClFN3O/c1-14-18(15(2)26(25-14)16-7-4-3-5-8-16)13-24-21(27)12-11-17-19(22)9-6-10-20(17)23/h3-12H,13H2,1-2H3,(H,24,27)/b12-11+. The molecule has 27 heavy (non-hydrogen) atoms. The van der Waals surface area contributed by atoms with Crippen molar-refractivity contribution in [2.45, 2.75) is 20.4 Å². The highest BCUT2D eigenvalue weighted by Gasteiger charge is 2.13. The SMILES string of the molecule is Cc1nn(-c2ccccc2)c(C)c1CNC(=O)/C=C/c1c(F)cccc1Cl. The van der Waals surface area contributed by atoms with Gasteiger partial charge in [-0.25, -0.2) is 9.07 Å². The van der Waals surface area contributed by atoms with Crippen LogP contribution in [0.3, 0.4) is 0 Å². The molecule has 3 rings (SSSR count). The Hall–Kier alpha value is -2.92. The van der Waals surface area contributed by atoms with Gasteiger partial charge in [0.05, 0.1) is 16.4 Å². The molecule has 138 valence electrons. The lowest BCUT2D eigenvalue weighted by Gasteiger charge is -2.06. The molecule has 1 amide bonds. The van der Waals surface area contributed by atoms with E-state index in [0.29, 0.717) is 6.54 Å². The lowest BCUT2D eigenvalue weighted by molar-refractivity contribution is -0.116. The fourth-order valence-electron chi connectivity index (χ4n) is 2.81. The van der Waals surface area contributed by atoms with Gasteiger partial charge in [-0.2, -0.15) is 5.10 Å². The van der Waals surface area contributed by atoms with Crippen LogP contribution in [0, 0.1) is 19.7 Å². The van der Waals surface area contributed by atoms with Crippen LogP contribution in [0.25, 0.3) is 11.8 Å². The molecule has 0 aliphatic carbocycles. The monoisotopic (exact) mass is 383 g/mol. The summed E-state index contributed by atoms with van der Waals surface area (Å²) in [6, 6.07) is 14.2. The fourth-order valence-corrected chi connectivity index (χ4v) is 3.04. The van der Waals surface area contributed by atoms with E-state index in [9.17, 15) is 9.18 Å². The number of carbonyl (C=O) groups excluding carboxylic acids is 1. The Balaban J connectivity index is 1.71. The van der Waals surface area contributed by atoms with Crippen molar-refractivity contribution >= 4 is 23.6 Å². The Kier molecular flexibility index (Phi) is 5.72. The van der Waals surface area contributed by atoms with Crippen LogP contribution in [0.5, 0.6) is 0 Å². The van der Waals surface area contributed by atoms with Gasteiger partial charge in [-0.3, -0.25) is 4.79 Å². The predicted molar refractivity (Wildman–Crippen MR) is 105 cm³/mol. The van der Waals surface area contributed by atoms with Gasteiger partial charge in [0.1, 0.15) is 5.82 Å². The van der Waals surface area contributed by atoms with Gasteiger partial charge in [-0.15, -0.1) is 0 Å². The van der Waals surface area contributed by atoms with Gasteiger partial charge in [0, 0.05) is 29.4 Å². The van der Waals surface area contributed by atoms with E-state index < -0.39 is 5.82 Å². The molecule has 4 nitrogen and oxygen atoms in total. The number of halogens is 2. The van der Waals surface area contributed by atoms with E-state index in [1.54, 1.807) is 6.07 Å². The molecule has 0 fully saturated rings. The summed E-state index contributed by atoms with van der Waals surface area (Å²) in [5, 5.41) is 7.62. The highest BCUT2D eigenvalue weighted by molar-refractivity contribution is 6.32. The van der Waals surface area contributed by atoms with Crippen molar-refractivity contribution < 1.29 is 9.18 Å². The van der Waals surface area contributed by atoms with E-state index in [4.69, 9.17) is 11.6 Å². The zero-order chi connectivity index (χ0) is 19.4. The first-order chi connectivity index (χ1) is 13.0. The van der Waals surface area contributed by atoms with E-state index in [0.717, 1.165) is 22.6 Å². The molecule has 0 saturated heterocycles. The maximum atomic E-state index is 13.7. The predicted octanol–water partition coefficient (Wildman–Crippen LogP) is 4.61. The Morgan fingerprint density at radius 2 is 1.93 bits per heavy atom. The minimum atomic E-state index is -0.470. The number of nitrogens with zero attached hydrogens (tertiary/aromatic N) is 2. The van der Waals surface area contributed by atoms with E-state index in [-0.39, 0.29) is 16.5 Å². The normalized spacial score (nSPS) is 11.1. The van der Waals surface area contributed by atoms with Gasteiger partial charge < -0.3 is 5.32 Å². The van der Waals surface area contributed by atoms with Crippen molar-refractivity contribution in [1.29, 1.82) is 0 Å². The van der Waals surface area contributed by atoms with Crippen molar-refractivity contribution in [1.82, 2.24) is 15.1 Å². The summed E-state index contributed by atoms with van der Waals surface area (Å²) in [5.74, 6) is -0.803. The molecule has 0 aliphatic heterocycles. The number of carbonyl (C=O) groups is 1. The lowest BCUT2D eigenvalue weighted by Crippen LogP contribution is -2.21. The third-order valence-corrected chi connectivity index (χ3v) is 4.61. The van der Waals surface area contributed by atoms with Crippen molar-refractivity contribution in [2.24, 2.45) is 0 Å². The van der Waals surface area contributed by atoms with Gasteiger partial charge in [0.2, 0.25) is 5.91 Å². The molecule has 0 atom stereocenters. The number of hydrogen-bond acceptors (Lipinski definition) is 2. The number of amides is 1. The van der Waals surface area contributed by atoms with Crippen LogP contribution >= 0.6 is 11.6 Å². The topological polar surface area (TPSA) is 46.9 Å². The third kappa shape index (κ3) is 4.26. The number of aryl methyl sites for hydroxylation is 1. The molecule has 0 saturated carbocycles. The second kappa shape index (κ2) is 8.18. The zero-order valence-electron chi connectivity index (χ0n) is 15.0. The van der Waals surface area contributed by atoms with Crippen LogP contribution in [0.2, 0.25) is 5.02 Å². The number of benzene rings is 2. The van der Waals surface area contributed by atoms with Gasteiger partial charge in [0.25, 0.3) is 0 Å². The maximum Gasteiger partial charge on any atom is 0.244 e. The van der Waals surface area contributed by atoms with E-state index in [2.05, 4.69) is 10.4 Å². The van der Waals surface area contributed by atoms with Gasteiger partial charge >= 0.3 is 0 Å².